The van der Waals surface area contributed by atoms with Crippen LogP contribution in [0.3, 0.4) is 0 Å². The number of nitrogens with zero attached hydrogens (tertiary/aromatic N) is 3. The number of nitrogen functional groups attached to an aromatic ring is 1. The molecule has 0 aliphatic carbocycles. The minimum Gasteiger partial charge on any atom is -0.384 e. The first-order valence-corrected chi connectivity index (χ1v) is 12.4. The van der Waals surface area contributed by atoms with E-state index < -0.39 is 0 Å². The molecule has 0 atom stereocenters. The van der Waals surface area contributed by atoms with Crippen LogP contribution < -0.4 is 21.7 Å². The lowest BCUT2D eigenvalue weighted by Gasteiger charge is -2.14. The number of carbonyl (C=O) groups excluding carboxylic acids is 2. The molecule has 3 heterocycles. The van der Waals surface area contributed by atoms with E-state index in [-0.39, 0.29) is 17.8 Å². The second kappa shape index (κ2) is 11.0. The molecule has 11 nitrogen and oxygen atoms in total. The van der Waals surface area contributed by atoms with Gasteiger partial charge >= 0.3 is 6.03 Å². The van der Waals surface area contributed by atoms with E-state index in [0.717, 1.165) is 27.7 Å². The molecule has 11 heteroatoms. The Kier molecular flexibility index (Phi) is 7.16. The number of fused-ring (bicyclic) bond motifs is 1. The molecule has 7 N–H and O–H groups in total. The fourth-order valence-corrected chi connectivity index (χ4v) is 4.39. The topological polar surface area (TPSA) is 165 Å². The van der Waals surface area contributed by atoms with E-state index in [2.05, 4.69) is 30.9 Å². The molecule has 1 aliphatic heterocycles. The molecular weight excluding hydrogens is 482 g/mol. The van der Waals surface area contributed by atoms with Crippen molar-refractivity contribution in [1.82, 2.24) is 30.5 Å². The number of nitrogens with one attached hydrogen (secondary N) is 5. The molecule has 0 unspecified atom stereocenters. The molecule has 1 aliphatic rings. The molecule has 2 aromatic heterocycles. The normalized spacial score (nSPS) is 12.9. The lowest BCUT2D eigenvalue weighted by molar-refractivity contribution is 0.0954. The summed E-state index contributed by atoms with van der Waals surface area (Å²) in [5.41, 5.74) is 10.5. The smallest absolute Gasteiger partial charge is 0.317 e. The van der Waals surface area contributed by atoms with Crippen molar-refractivity contribution < 1.29 is 9.59 Å². The predicted molar refractivity (Wildman–Crippen MR) is 146 cm³/mol. The molecule has 4 aromatic rings. The van der Waals surface area contributed by atoms with Crippen molar-refractivity contribution in [2.75, 3.05) is 38.0 Å². The van der Waals surface area contributed by atoms with Gasteiger partial charge in [0, 0.05) is 72.7 Å². The lowest BCUT2D eigenvalue weighted by Crippen LogP contribution is -2.32. The Balaban J connectivity index is 1.14. The van der Waals surface area contributed by atoms with Crippen molar-refractivity contribution in [2.24, 2.45) is 5.73 Å². The highest BCUT2D eigenvalue weighted by atomic mass is 16.2. The molecule has 3 amide bonds. The Morgan fingerprint density at radius 1 is 1.13 bits per heavy atom. The van der Waals surface area contributed by atoms with Gasteiger partial charge in [-0.1, -0.05) is 18.2 Å². The number of amidine groups is 1. The highest BCUT2D eigenvalue weighted by Gasteiger charge is 2.18. The Morgan fingerprint density at radius 3 is 2.74 bits per heavy atom. The van der Waals surface area contributed by atoms with Crippen LogP contribution in [0.4, 0.5) is 10.7 Å². The Hall–Kier alpha value is -4.93. The summed E-state index contributed by atoms with van der Waals surface area (Å²) in [5.74, 6) is 0.351. The fourth-order valence-electron chi connectivity index (χ4n) is 4.39. The number of urea groups is 1. The number of amides is 3. The van der Waals surface area contributed by atoms with Crippen LogP contribution in [0.2, 0.25) is 0 Å². The van der Waals surface area contributed by atoms with Gasteiger partial charge in [0.05, 0.1) is 5.69 Å². The minimum atomic E-state index is -0.153. The van der Waals surface area contributed by atoms with Gasteiger partial charge in [-0.3, -0.25) is 10.2 Å². The average Bonchev–Trinajstić information content (AvgIpc) is 3.54. The predicted octanol–water partition coefficient (Wildman–Crippen LogP) is 2.32. The molecule has 0 saturated carbocycles. The van der Waals surface area contributed by atoms with Gasteiger partial charge in [0.25, 0.3) is 5.91 Å². The Labute approximate surface area is 219 Å². The quantitative estimate of drug-likeness (QED) is 0.141. The van der Waals surface area contributed by atoms with Crippen molar-refractivity contribution in [3.05, 3.63) is 77.6 Å². The molecule has 0 bridgehead atoms. The SMILES string of the molecule is N=C(N)c1c[nH]c2ccc(CCNC(=O)c3ccc(-c4ccnc(NCCN5CCNC5=O)n4)cc3)cc12. The first kappa shape index (κ1) is 24.8. The van der Waals surface area contributed by atoms with Gasteiger partial charge in [-0.05, 0) is 42.3 Å². The van der Waals surface area contributed by atoms with E-state index in [1.54, 1.807) is 29.4 Å². The molecule has 0 radical (unpaired) electrons. The first-order chi connectivity index (χ1) is 18.5. The van der Waals surface area contributed by atoms with Crippen molar-refractivity contribution in [1.29, 1.82) is 5.41 Å². The van der Waals surface area contributed by atoms with Gasteiger partial charge in [-0.2, -0.15) is 0 Å². The summed E-state index contributed by atoms with van der Waals surface area (Å²) in [4.78, 5) is 38.0. The molecule has 0 spiro atoms. The molecule has 1 saturated heterocycles. The number of carbonyl (C=O) groups is 2. The summed E-state index contributed by atoms with van der Waals surface area (Å²) in [6.45, 7) is 2.97. The maximum absolute atomic E-state index is 12.7. The number of anilines is 1. The van der Waals surface area contributed by atoms with E-state index in [0.29, 0.717) is 56.2 Å². The zero-order valence-corrected chi connectivity index (χ0v) is 20.8. The van der Waals surface area contributed by atoms with Gasteiger partial charge in [0.2, 0.25) is 5.95 Å². The van der Waals surface area contributed by atoms with Crippen LogP contribution in [0.5, 0.6) is 0 Å². The van der Waals surface area contributed by atoms with Crippen LogP contribution in [0.15, 0.2) is 60.9 Å². The summed E-state index contributed by atoms with van der Waals surface area (Å²) in [6, 6.07) is 15.0. The van der Waals surface area contributed by atoms with E-state index >= 15 is 0 Å². The maximum atomic E-state index is 12.7. The number of hydrogen-bond acceptors (Lipinski definition) is 6. The highest BCUT2D eigenvalue weighted by molar-refractivity contribution is 6.07. The monoisotopic (exact) mass is 511 g/mol. The largest absolute Gasteiger partial charge is 0.384 e. The van der Waals surface area contributed by atoms with Gasteiger partial charge in [0.1, 0.15) is 5.84 Å². The van der Waals surface area contributed by atoms with Crippen LogP contribution in [0.25, 0.3) is 22.2 Å². The molecule has 2 aromatic carbocycles. The van der Waals surface area contributed by atoms with Crippen LogP contribution in [0, 0.1) is 5.41 Å². The minimum absolute atomic E-state index is 0.0209. The van der Waals surface area contributed by atoms with Crippen LogP contribution in [-0.2, 0) is 6.42 Å². The number of benzene rings is 2. The zero-order chi connectivity index (χ0) is 26.5. The number of nitrogens with two attached hydrogens (primary N) is 1. The molecule has 1 fully saturated rings. The average molecular weight is 512 g/mol. The molecule has 5 rings (SSSR count). The Bertz CT molecular complexity index is 1480. The molecule has 194 valence electrons. The summed E-state index contributed by atoms with van der Waals surface area (Å²) in [6.07, 6.45) is 4.07. The zero-order valence-electron chi connectivity index (χ0n) is 20.8. The van der Waals surface area contributed by atoms with Crippen LogP contribution in [0.1, 0.15) is 21.5 Å². The van der Waals surface area contributed by atoms with Crippen LogP contribution in [-0.4, -0.2) is 70.3 Å². The number of aromatic amines is 1. The summed E-state index contributed by atoms with van der Waals surface area (Å²) < 4.78 is 0. The van der Waals surface area contributed by atoms with Gasteiger partial charge < -0.3 is 31.6 Å². The van der Waals surface area contributed by atoms with Crippen molar-refractivity contribution in [3.8, 4) is 11.3 Å². The summed E-state index contributed by atoms with van der Waals surface area (Å²) in [5, 5.41) is 17.5. The van der Waals surface area contributed by atoms with Crippen LogP contribution >= 0.6 is 0 Å². The van der Waals surface area contributed by atoms with Gasteiger partial charge in [0.15, 0.2) is 0 Å². The second-order valence-corrected chi connectivity index (χ2v) is 8.99. The van der Waals surface area contributed by atoms with E-state index in [9.17, 15) is 9.59 Å². The molecule has 38 heavy (non-hydrogen) atoms. The van der Waals surface area contributed by atoms with Gasteiger partial charge in [-0.15, -0.1) is 0 Å². The van der Waals surface area contributed by atoms with Crippen molar-refractivity contribution in [3.63, 3.8) is 0 Å². The Morgan fingerprint density at radius 2 is 1.97 bits per heavy atom. The number of rotatable bonds is 10. The second-order valence-electron chi connectivity index (χ2n) is 8.99. The third-order valence-corrected chi connectivity index (χ3v) is 6.44. The standard InChI is InChI=1S/C27H29N9O2/c28-24(29)21-16-34-23-6-1-17(15-20(21)23)7-9-30-25(37)19-4-2-18(3-5-19)22-8-10-31-26(35-22)32-11-13-36-14-12-33-27(36)38/h1-6,8,10,15-16,34H,7,9,11-14H2,(H3,28,29)(H,30,37)(H,33,38)(H,31,32,35). The summed E-state index contributed by atoms with van der Waals surface area (Å²) >= 11 is 0. The van der Waals surface area contributed by atoms with Crippen molar-refractivity contribution in [2.45, 2.75) is 6.42 Å². The first-order valence-electron chi connectivity index (χ1n) is 12.4. The summed E-state index contributed by atoms with van der Waals surface area (Å²) in [7, 11) is 0. The van der Waals surface area contributed by atoms with Gasteiger partial charge in [-0.25, -0.2) is 14.8 Å². The molecular formula is C27H29N9O2. The number of H-pyrrole nitrogens is 1. The lowest BCUT2D eigenvalue weighted by atomic mass is 10.1. The van der Waals surface area contributed by atoms with Crippen molar-refractivity contribution >= 4 is 34.6 Å². The highest BCUT2D eigenvalue weighted by Crippen LogP contribution is 2.20. The maximum Gasteiger partial charge on any atom is 0.317 e. The van der Waals surface area contributed by atoms with E-state index in [1.807, 2.05) is 36.4 Å². The third kappa shape index (κ3) is 5.56. The van der Waals surface area contributed by atoms with E-state index in [4.69, 9.17) is 11.1 Å². The fraction of sp³-hybridized carbons (Fsp3) is 0.222. The third-order valence-electron chi connectivity index (χ3n) is 6.44. The number of aromatic nitrogens is 3. The number of hydrogen-bond donors (Lipinski definition) is 6. The van der Waals surface area contributed by atoms with E-state index in [1.165, 1.54) is 0 Å².